The van der Waals surface area contributed by atoms with Crippen molar-refractivity contribution in [3.8, 4) is 17.1 Å². The number of hydrogen-bond donors (Lipinski definition) is 2. The van der Waals surface area contributed by atoms with Crippen molar-refractivity contribution in [1.82, 2.24) is 15.2 Å². The molecular weight excluding hydrogens is 460 g/mol. The molecule has 0 amide bonds. The number of aromatic carboxylic acids is 1. The van der Waals surface area contributed by atoms with Crippen LogP contribution in [-0.2, 0) is 5.75 Å². The lowest BCUT2D eigenvalue weighted by atomic mass is 10.1. The highest BCUT2D eigenvalue weighted by molar-refractivity contribution is 7.98. The zero-order valence-electron chi connectivity index (χ0n) is 17.1. The number of fused-ring (bicyclic) bond motifs is 3. The van der Waals surface area contributed by atoms with E-state index in [2.05, 4.69) is 20.5 Å². The van der Waals surface area contributed by atoms with Crippen LogP contribution in [0, 0.1) is 0 Å². The van der Waals surface area contributed by atoms with Crippen molar-refractivity contribution >= 4 is 35.0 Å². The molecule has 1 aromatic heterocycles. The molecule has 0 aliphatic carbocycles. The number of rotatable bonds is 5. The average molecular weight is 477 g/mol. The number of para-hydroxylation sites is 1. The van der Waals surface area contributed by atoms with Gasteiger partial charge >= 0.3 is 5.97 Å². The van der Waals surface area contributed by atoms with Crippen LogP contribution in [0.2, 0.25) is 5.02 Å². The van der Waals surface area contributed by atoms with Crippen LogP contribution in [0.15, 0.2) is 78.0 Å². The summed E-state index contributed by atoms with van der Waals surface area (Å²) in [5, 5.41) is 22.4. The SMILES string of the molecule is O=C(O)c1ccc([C@H]2Nc3ccccc3-c3nnc(SCc4ccc(Cl)cc4)nc3O2)cc1. The smallest absolute Gasteiger partial charge is 0.335 e. The van der Waals surface area contributed by atoms with Gasteiger partial charge in [-0.25, -0.2) is 4.79 Å². The van der Waals surface area contributed by atoms with Gasteiger partial charge < -0.3 is 15.2 Å². The molecule has 0 radical (unpaired) electrons. The van der Waals surface area contributed by atoms with E-state index in [0.29, 0.717) is 27.5 Å². The second-order valence-electron chi connectivity index (χ2n) is 7.28. The number of aromatic nitrogens is 3. The molecule has 0 spiro atoms. The van der Waals surface area contributed by atoms with Crippen LogP contribution in [0.4, 0.5) is 5.69 Å². The third-order valence-electron chi connectivity index (χ3n) is 5.08. The van der Waals surface area contributed by atoms with Gasteiger partial charge in [0.25, 0.3) is 0 Å². The van der Waals surface area contributed by atoms with Crippen LogP contribution >= 0.6 is 23.4 Å². The maximum Gasteiger partial charge on any atom is 0.335 e. The maximum absolute atomic E-state index is 11.2. The Kier molecular flexibility index (Phi) is 5.85. The van der Waals surface area contributed by atoms with Gasteiger partial charge in [0, 0.05) is 27.6 Å². The van der Waals surface area contributed by atoms with E-state index in [-0.39, 0.29) is 5.56 Å². The van der Waals surface area contributed by atoms with Crippen LogP contribution < -0.4 is 10.1 Å². The summed E-state index contributed by atoms with van der Waals surface area (Å²) >= 11 is 7.41. The number of anilines is 1. The molecule has 3 aromatic carbocycles. The number of thioether (sulfide) groups is 1. The standard InChI is InChI=1S/C24H17ClN4O3S/c25-17-11-5-14(6-12-17)13-33-24-27-22-20(28-29-24)18-3-1-2-4-19(18)26-21(32-22)15-7-9-16(10-8-15)23(30)31/h1-12,21,26H,13H2,(H,30,31)/t21-/m0/s1. The quantitative estimate of drug-likeness (QED) is 0.355. The Morgan fingerprint density at radius 1 is 1.03 bits per heavy atom. The van der Waals surface area contributed by atoms with E-state index < -0.39 is 12.2 Å². The number of hydrogen-bond acceptors (Lipinski definition) is 7. The van der Waals surface area contributed by atoms with E-state index in [1.54, 1.807) is 24.3 Å². The Morgan fingerprint density at radius 3 is 2.55 bits per heavy atom. The number of nitrogens with one attached hydrogen (secondary N) is 1. The number of nitrogens with zero attached hydrogens (tertiary/aromatic N) is 3. The minimum atomic E-state index is -0.980. The molecular formula is C24H17ClN4O3S. The van der Waals surface area contributed by atoms with Crippen LogP contribution in [-0.4, -0.2) is 26.3 Å². The topological polar surface area (TPSA) is 97.2 Å². The highest BCUT2D eigenvalue weighted by atomic mass is 35.5. The Hall–Kier alpha value is -3.62. The largest absolute Gasteiger partial charge is 0.478 e. The molecule has 33 heavy (non-hydrogen) atoms. The Balaban J connectivity index is 1.46. The molecule has 7 nitrogen and oxygen atoms in total. The van der Waals surface area contributed by atoms with E-state index in [4.69, 9.17) is 16.3 Å². The summed E-state index contributed by atoms with van der Waals surface area (Å²) in [6, 6.07) is 21.8. The Labute approximate surface area is 198 Å². The lowest BCUT2D eigenvalue weighted by Gasteiger charge is -2.19. The predicted octanol–water partition coefficient (Wildman–Crippen LogP) is 5.69. The zero-order valence-corrected chi connectivity index (χ0v) is 18.7. The summed E-state index contributed by atoms with van der Waals surface area (Å²) in [5.74, 6) is 0.0340. The van der Waals surface area contributed by atoms with Crippen LogP contribution in [0.3, 0.4) is 0 Å². The molecule has 2 heterocycles. The van der Waals surface area contributed by atoms with Crippen LogP contribution in [0.5, 0.6) is 5.88 Å². The first-order chi connectivity index (χ1) is 16.1. The third-order valence-corrected chi connectivity index (χ3v) is 6.24. The number of ether oxygens (including phenoxy) is 1. The van der Waals surface area contributed by atoms with Gasteiger partial charge in [0.1, 0.15) is 0 Å². The Bertz CT molecular complexity index is 1320. The molecule has 0 saturated carbocycles. The van der Waals surface area contributed by atoms with Gasteiger partial charge in [-0.3, -0.25) is 0 Å². The molecule has 0 saturated heterocycles. The monoisotopic (exact) mass is 476 g/mol. The van der Waals surface area contributed by atoms with Crippen molar-refractivity contribution in [2.45, 2.75) is 17.1 Å². The molecule has 4 aromatic rings. The van der Waals surface area contributed by atoms with Gasteiger partial charge in [-0.15, -0.1) is 10.2 Å². The molecule has 0 bridgehead atoms. The van der Waals surface area contributed by atoms with Crippen LogP contribution in [0.25, 0.3) is 11.3 Å². The average Bonchev–Trinajstić information content (AvgIpc) is 3.00. The molecule has 2 N–H and O–H groups in total. The number of carboxylic acid groups (broad SMARTS) is 1. The minimum absolute atomic E-state index is 0.207. The van der Waals surface area contributed by atoms with Crippen molar-refractivity contribution in [1.29, 1.82) is 0 Å². The van der Waals surface area contributed by atoms with Crippen LogP contribution in [0.1, 0.15) is 27.7 Å². The number of benzene rings is 3. The van der Waals surface area contributed by atoms with Crippen molar-refractivity contribution in [2.24, 2.45) is 0 Å². The molecule has 5 rings (SSSR count). The fourth-order valence-electron chi connectivity index (χ4n) is 3.39. The Morgan fingerprint density at radius 2 is 1.79 bits per heavy atom. The van der Waals surface area contributed by atoms with E-state index in [1.807, 2.05) is 48.5 Å². The lowest BCUT2D eigenvalue weighted by molar-refractivity contribution is 0.0696. The summed E-state index contributed by atoms with van der Waals surface area (Å²) in [6.07, 6.45) is -0.582. The normalized spacial score (nSPS) is 14.3. The fraction of sp³-hybridized carbons (Fsp3) is 0.0833. The van der Waals surface area contributed by atoms with Gasteiger partial charge in [-0.05, 0) is 35.9 Å². The first-order valence-electron chi connectivity index (χ1n) is 10.0. The maximum atomic E-state index is 11.2. The molecule has 0 unspecified atom stereocenters. The third kappa shape index (κ3) is 4.62. The molecule has 164 valence electrons. The van der Waals surface area contributed by atoms with Crippen molar-refractivity contribution < 1.29 is 14.6 Å². The second-order valence-corrected chi connectivity index (χ2v) is 8.66. The van der Waals surface area contributed by atoms with Gasteiger partial charge in [-0.2, -0.15) is 4.98 Å². The highest BCUT2D eigenvalue weighted by Crippen LogP contribution is 2.39. The van der Waals surface area contributed by atoms with Crippen molar-refractivity contribution in [3.05, 3.63) is 94.5 Å². The number of halogens is 1. The van der Waals surface area contributed by atoms with Crippen molar-refractivity contribution in [3.63, 3.8) is 0 Å². The first-order valence-corrected chi connectivity index (χ1v) is 11.4. The molecule has 1 aliphatic heterocycles. The highest BCUT2D eigenvalue weighted by Gasteiger charge is 2.26. The first kappa shape index (κ1) is 21.2. The van der Waals surface area contributed by atoms with Gasteiger partial charge in [0.05, 0.1) is 5.56 Å². The molecule has 9 heteroatoms. The van der Waals surface area contributed by atoms with E-state index in [1.165, 1.54) is 11.8 Å². The predicted molar refractivity (Wildman–Crippen MR) is 127 cm³/mol. The second kappa shape index (κ2) is 9.09. The summed E-state index contributed by atoms with van der Waals surface area (Å²) < 4.78 is 6.23. The summed E-state index contributed by atoms with van der Waals surface area (Å²) in [7, 11) is 0. The zero-order chi connectivity index (χ0) is 22.8. The summed E-state index contributed by atoms with van der Waals surface area (Å²) in [6.45, 7) is 0. The fourth-order valence-corrected chi connectivity index (χ4v) is 4.25. The van der Waals surface area contributed by atoms with Gasteiger partial charge in [0.15, 0.2) is 11.9 Å². The number of carboxylic acids is 1. The molecule has 1 atom stereocenters. The van der Waals surface area contributed by atoms with E-state index in [0.717, 1.165) is 22.4 Å². The molecule has 1 aliphatic rings. The van der Waals surface area contributed by atoms with Gasteiger partial charge in [0.2, 0.25) is 11.0 Å². The van der Waals surface area contributed by atoms with Crippen molar-refractivity contribution in [2.75, 3.05) is 5.32 Å². The van der Waals surface area contributed by atoms with Gasteiger partial charge in [-0.1, -0.05) is 65.8 Å². The lowest BCUT2D eigenvalue weighted by Crippen LogP contribution is -2.17. The molecule has 0 fully saturated rings. The minimum Gasteiger partial charge on any atom is -0.478 e. The van der Waals surface area contributed by atoms with E-state index >= 15 is 0 Å². The summed E-state index contributed by atoms with van der Waals surface area (Å²) in [4.78, 5) is 15.8. The summed E-state index contributed by atoms with van der Waals surface area (Å²) in [5.41, 5.74) is 4.24. The van der Waals surface area contributed by atoms with E-state index in [9.17, 15) is 9.90 Å². The number of carbonyl (C=O) groups is 1.